The summed E-state index contributed by atoms with van der Waals surface area (Å²) in [5.41, 5.74) is 0. The van der Waals surface area contributed by atoms with Crippen LogP contribution in [-0.2, 0) is 9.53 Å². The summed E-state index contributed by atoms with van der Waals surface area (Å²) in [6.07, 6.45) is 5.93. The largest absolute Gasteiger partial charge is 0.377 e. The van der Waals surface area contributed by atoms with Gasteiger partial charge in [-0.15, -0.1) is 25.6 Å². The number of hydrogen-bond acceptors (Lipinski definition) is 3. The number of hydrogen-bond donors (Lipinski definition) is 1. The quantitative estimate of drug-likeness (QED) is 0.680. The van der Waals surface area contributed by atoms with E-state index < -0.39 is 0 Å². The fourth-order valence-corrected chi connectivity index (χ4v) is 1.85. The van der Waals surface area contributed by atoms with Crippen LogP contribution in [0.25, 0.3) is 0 Å². The van der Waals surface area contributed by atoms with Gasteiger partial charge in [0.15, 0.2) is 0 Å². The first-order valence-corrected chi connectivity index (χ1v) is 6.09. The topological polar surface area (TPSA) is 41.6 Å². The van der Waals surface area contributed by atoms with E-state index in [0.717, 1.165) is 26.0 Å². The summed E-state index contributed by atoms with van der Waals surface area (Å²) in [7, 11) is 0. The monoisotopic (exact) mass is 274 g/mol. The molecule has 1 atom stereocenters. The summed E-state index contributed by atoms with van der Waals surface area (Å²) in [4.78, 5) is 13.5. The molecule has 1 saturated heterocycles. The summed E-state index contributed by atoms with van der Waals surface area (Å²) in [6, 6.07) is 0. The normalized spacial score (nSPS) is 17.9. The van der Waals surface area contributed by atoms with E-state index >= 15 is 0 Å². The number of nitrogens with zero attached hydrogens (tertiary/aromatic N) is 1. The Balaban J connectivity index is 0.00000289. The average molecular weight is 275 g/mol. The second-order valence-corrected chi connectivity index (χ2v) is 4.14. The van der Waals surface area contributed by atoms with Crippen LogP contribution in [0.1, 0.15) is 12.8 Å². The van der Waals surface area contributed by atoms with Crippen molar-refractivity contribution in [3.8, 4) is 0 Å². The van der Waals surface area contributed by atoms with Gasteiger partial charge in [-0.05, 0) is 12.8 Å². The van der Waals surface area contributed by atoms with Crippen molar-refractivity contribution in [1.82, 2.24) is 10.2 Å². The highest BCUT2D eigenvalue weighted by Crippen LogP contribution is 2.10. The van der Waals surface area contributed by atoms with E-state index in [1.54, 1.807) is 17.1 Å². The lowest BCUT2D eigenvalue weighted by molar-refractivity contribution is -0.129. The van der Waals surface area contributed by atoms with E-state index in [-0.39, 0.29) is 24.4 Å². The van der Waals surface area contributed by atoms with Gasteiger partial charge in [-0.1, -0.05) is 12.2 Å². The molecule has 0 aliphatic carbocycles. The minimum Gasteiger partial charge on any atom is -0.377 e. The fourth-order valence-electron chi connectivity index (χ4n) is 1.85. The first-order valence-electron chi connectivity index (χ1n) is 6.09. The van der Waals surface area contributed by atoms with Crippen molar-refractivity contribution in [1.29, 1.82) is 0 Å². The molecule has 0 spiro atoms. The van der Waals surface area contributed by atoms with Crippen LogP contribution in [0.15, 0.2) is 25.3 Å². The Hall–Kier alpha value is -0.840. The van der Waals surface area contributed by atoms with Gasteiger partial charge in [0.05, 0.1) is 12.6 Å². The summed E-state index contributed by atoms with van der Waals surface area (Å²) in [5.74, 6) is 0.0720. The molecule has 104 valence electrons. The number of carbonyl (C=O) groups excluding carboxylic acids is 1. The average Bonchev–Trinajstić information content (AvgIpc) is 2.81. The molecule has 1 rings (SSSR count). The zero-order valence-corrected chi connectivity index (χ0v) is 11.6. The number of rotatable bonds is 8. The maximum atomic E-state index is 11.8. The molecule has 5 heteroatoms. The second kappa shape index (κ2) is 10.1. The van der Waals surface area contributed by atoms with Gasteiger partial charge >= 0.3 is 0 Å². The molecule has 0 saturated carbocycles. The molecule has 1 heterocycles. The molecule has 0 aromatic heterocycles. The van der Waals surface area contributed by atoms with Gasteiger partial charge in [0, 0.05) is 26.2 Å². The SMILES string of the molecule is C=CCN(CC=C)C(=O)CNCC1CCCO1.Cl. The molecule has 1 aliphatic heterocycles. The minimum absolute atomic E-state index is 0. The third kappa shape index (κ3) is 6.19. The van der Waals surface area contributed by atoms with Crippen LogP contribution in [-0.4, -0.2) is 49.7 Å². The van der Waals surface area contributed by atoms with Gasteiger partial charge in [0.2, 0.25) is 5.91 Å². The molecular weight excluding hydrogens is 252 g/mol. The molecule has 1 unspecified atom stereocenters. The Morgan fingerprint density at radius 2 is 2.06 bits per heavy atom. The van der Waals surface area contributed by atoms with E-state index in [9.17, 15) is 4.79 Å². The van der Waals surface area contributed by atoms with Gasteiger partial charge in [0.25, 0.3) is 0 Å². The van der Waals surface area contributed by atoms with Crippen LogP contribution in [0.5, 0.6) is 0 Å². The highest BCUT2D eigenvalue weighted by Gasteiger charge is 2.16. The minimum atomic E-state index is 0. The number of carbonyl (C=O) groups is 1. The van der Waals surface area contributed by atoms with E-state index in [2.05, 4.69) is 18.5 Å². The highest BCUT2D eigenvalue weighted by molar-refractivity contribution is 5.85. The van der Waals surface area contributed by atoms with Crippen molar-refractivity contribution in [3.05, 3.63) is 25.3 Å². The Bertz CT molecular complexity index is 256. The lowest BCUT2D eigenvalue weighted by Gasteiger charge is -2.20. The predicted molar refractivity (Wildman–Crippen MR) is 76.1 cm³/mol. The molecule has 1 aliphatic rings. The summed E-state index contributed by atoms with van der Waals surface area (Å²) in [6.45, 7) is 10.4. The lowest BCUT2D eigenvalue weighted by atomic mass is 10.2. The van der Waals surface area contributed by atoms with Crippen molar-refractivity contribution in [3.63, 3.8) is 0 Å². The van der Waals surface area contributed by atoms with Crippen LogP contribution in [0.3, 0.4) is 0 Å². The molecule has 1 amide bonds. The van der Waals surface area contributed by atoms with E-state index in [1.807, 2.05) is 0 Å². The van der Waals surface area contributed by atoms with Crippen molar-refractivity contribution in [2.24, 2.45) is 0 Å². The van der Waals surface area contributed by atoms with Crippen LogP contribution in [0.4, 0.5) is 0 Å². The molecular formula is C13H23ClN2O2. The first kappa shape index (κ1) is 17.2. The standard InChI is InChI=1S/C13H22N2O2.ClH/c1-3-7-15(8-4-2)13(16)11-14-10-12-6-5-9-17-12;/h3-4,12,14H,1-2,5-11H2;1H. The lowest BCUT2D eigenvalue weighted by Crippen LogP contribution is -2.40. The zero-order valence-electron chi connectivity index (χ0n) is 10.8. The molecule has 4 nitrogen and oxygen atoms in total. The van der Waals surface area contributed by atoms with Crippen LogP contribution < -0.4 is 5.32 Å². The molecule has 1 fully saturated rings. The van der Waals surface area contributed by atoms with Crippen LogP contribution in [0.2, 0.25) is 0 Å². The molecule has 0 radical (unpaired) electrons. The Morgan fingerprint density at radius 1 is 1.39 bits per heavy atom. The van der Waals surface area contributed by atoms with Crippen molar-refractivity contribution in [2.75, 3.05) is 32.8 Å². The molecule has 0 aromatic carbocycles. The summed E-state index contributed by atoms with van der Waals surface area (Å²) >= 11 is 0. The molecule has 0 bridgehead atoms. The van der Waals surface area contributed by atoms with Crippen molar-refractivity contribution < 1.29 is 9.53 Å². The van der Waals surface area contributed by atoms with Gasteiger partial charge in [-0.2, -0.15) is 0 Å². The third-order valence-electron chi connectivity index (χ3n) is 2.72. The van der Waals surface area contributed by atoms with Crippen LogP contribution in [0, 0.1) is 0 Å². The Labute approximate surface area is 115 Å². The predicted octanol–water partition coefficient (Wildman–Crippen LogP) is 1.38. The molecule has 1 N–H and O–H groups in total. The van der Waals surface area contributed by atoms with E-state index in [0.29, 0.717) is 19.6 Å². The molecule has 18 heavy (non-hydrogen) atoms. The van der Waals surface area contributed by atoms with E-state index in [4.69, 9.17) is 4.74 Å². The summed E-state index contributed by atoms with van der Waals surface area (Å²) < 4.78 is 5.47. The van der Waals surface area contributed by atoms with Crippen molar-refractivity contribution in [2.45, 2.75) is 18.9 Å². The number of amides is 1. The fraction of sp³-hybridized carbons (Fsp3) is 0.615. The Morgan fingerprint density at radius 3 is 2.56 bits per heavy atom. The number of ether oxygens (including phenoxy) is 1. The van der Waals surface area contributed by atoms with E-state index in [1.165, 1.54) is 0 Å². The van der Waals surface area contributed by atoms with Gasteiger partial charge in [-0.3, -0.25) is 4.79 Å². The number of nitrogens with one attached hydrogen (secondary N) is 1. The first-order chi connectivity index (χ1) is 8.27. The third-order valence-corrected chi connectivity index (χ3v) is 2.72. The maximum absolute atomic E-state index is 11.8. The van der Waals surface area contributed by atoms with Gasteiger partial charge in [0.1, 0.15) is 0 Å². The van der Waals surface area contributed by atoms with Gasteiger partial charge < -0.3 is 15.0 Å². The smallest absolute Gasteiger partial charge is 0.237 e. The maximum Gasteiger partial charge on any atom is 0.237 e. The van der Waals surface area contributed by atoms with Crippen molar-refractivity contribution >= 4 is 18.3 Å². The number of halogens is 1. The highest BCUT2D eigenvalue weighted by atomic mass is 35.5. The second-order valence-electron chi connectivity index (χ2n) is 4.14. The van der Waals surface area contributed by atoms with Crippen LogP contribution >= 0.6 is 12.4 Å². The summed E-state index contributed by atoms with van der Waals surface area (Å²) in [5, 5.41) is 3.14. The molecule has 0 aromatic rings. The Kier molecular flexibility index (Phi) is 9.64. The van der Waals surface area contributed by atoms with Gasteiger partial charge in [-0.25, -0.2) is 0 Å². The zero-order chi connectivity index (χ0) is 12.5.